The molecule has 0 N–H and O–H groups in total. The molecule has 0 spiro atoms. The summed E-state index contributed by atoms with van der Waals surface area (Å²) in [5.41, 5.74) is 0. The molecule has 0 saturated carbocycles. The number of carbonyl (C=O) groups excluding carboxylic acids is 1. The number of likely N-dealkylation sites (N-methyl/N-ethyl adjacent to an activating group) is 1. The number of carbonyl (C=O) groups is 1. The molecule has 42 valence electrons. The van der Waals surface area contributed by atoms with Crippen molar-refractivity contribution in [3.8, 4) is 0 Å². The Hall–Kier alpha value is -0.370. The molecule has 0 aliphatic rings. The van der Waals surface area contributed by atoms with Crippen LogP contribution in [0, 0.1) is 7.05 Å². The lowest BCUT2D eigenvalue weighted by Crippen LogP contribution is -2.23. The van der Waals surface area contributed by atoms with Crippen molar-refractivity contribution in [2.24, 2.45) is 0 Å². The minimum Gasteiger partial charge on any atom is -0.454 e. The zero-order valence-electron chi connectivity index (χ0n) is 4.72. The Balaban J connectivity index is 3.33. The minimum atomic E-state index is -0.0556. The van der Waals surface area contributed by atoms with Crippen LogP contribution in [0.15, 0.2) is 0 Å². The summed E-state index contributed by atoms with van der Waals surface area (Å²) in [5.74, 6) is 0. The lowest BCUT2D eigenvalue weighted by atomic mass is 10.4. The summed E-state index contributed by atoms with van der Waals surface area (Å²) in [7, 11) is 5.27. The van der Waals surface area contributed by atoms with E-state index in [2.05, 4.69) is 7.05 Å². The van der Waals surface area contributed by atoms with Crippen molar-refractivity contribution in [2.45, 2.75) is 13.0 Å². The summed E-state index contributed by atoms with van der Waals surface area (Å²) in [6.45, 7) is 1.79. The fourth-order valence-electron chi connectivity index (χ4n) is 0.104. The fourth-order valence-corrected chi connectivity index (χ4v) is 0.104. The Labute approximate surface area is 44.1 Å². The molecule has 0 fully saturated rings. The molecule has 7 heavy (non-hydrogen) atoms. The number of hydrogen-bond donors (Lipinski definition) is 0. The van der Waals surface area contributed by atoms with E-state index in [-0.39, 0.29) is 6.04 Å². The first-order valence-electron chi connectivity index (χ1n) is 2.17. The van der Waals surface area contributed by atoms with Crippen molar-refractivity contribution in [3.05, 3.63) is 7.05 Å². The van der Waals surface area contributed by atoms with Gasteiger partial charge in [0.1, 0.15) is 6.29 Å². The van der Waals surface area contributed by atoms with Gasteiger partial charge in [-0.2, -0.15) is 0 Å². The number of aldehydes is 1. The van der Waals surface area contributed by atoms with E-state index in [0.29, 0.717) is 0 Å². The SMILES string of the molecule is [CH2-]N(C)[C@@H](C)C=O. The zero-order chi connectivity index (χ0) is 5.86. The lowest BCUT2D eigenvalue weighted by Gasteiger charge is -2.20. The van der Waals surface area contributed by atoms with Crippen LogP contribution >= 0.6 is 0 Å². The predicted octanol–water partition coefficient (Wildman–Crippen LogP) is 0.297. The summed E-state index contributed by atoms with van der Waals surface area (Å²) in [4.78, 5) is 11.5. The van der Waals surface area contributed by atoms with Crippen molar-refractivity contribution >= 4 is 6.29 Å². The van der Waals surface area contributed by atoms with Crippen LogP contribution < -0.4 is 0 Å². The van der Waals surface area contributed by atoms with Crippen LogP contribution in [-0.2, 0) is 4.79 Å². The molecule has 0 bridgehead atoms. The first-order valence-corrected chi connectivity index (χ1v) is 2.17. The Morgan fingerprint density at radius 3 is 2.29 bits per heavy atom. The molecule has 2 nitrogen and oxygen atoms in total. The molecule has 2 heteroatoms. The average molecular weight is 100 g/mol. The minimum absolute atomic E-state index is 0.0556. The average Bonchev–Trinajstić information content (AvgIpc) is 1.65. The zero-order valence-corrected chi connectivity index (χ0v) is 4.72. The first-order chi connectivity index (χ1) is 3.18. The lowest BCUT2D eigenvalue weighted by molar-refractivity contribution is -0.110. The van der Waals surface area contributed by atoms with Gasteiger partial charge in [-0.3, -0.25) is 7.05 Å². The molecule has 0 unspecified atom stereocenters. The Morgan fingerprint density at radius 1 is 1.86 bits per heavy atom. The van der Waals surface area contributed by atoms with Crippen LogP contribution in [0.2, 0.25) is 0 Å². The van der Waals surface area contributed by atoms with Crippen LogP contribution in [0.1, 0.15) is 6.92 Å². The quantitative estimate of drug-likeness (QED) is 0.367. The summed E-state index contributed by atoms with van der Waals surface area (Å²) < 4.78 is 0. The highest BCUT2D eigenvalue weighted by molar-refractivity contribution is 5.56. The molecular formula is C5H10NO-. The standard InChI is InChI=1S/C5H10NO/c1-5(4-7)6(2)3/h4-5H,2H2,1,3H3/q-1/t5-/m0/s1. The molecule has 0 aromatic heterocycles. The maximum atomic E-state index is 9.86. The van der Waals surface area contributed by atoms with E-state index in [9.17, 15) is 4.79 Å². The highest BCUT2D eigenvalue weighted by Crippen LogP contribution is 1.84. The predicted molar refractivity (Wildman–Crippen MR) is 28.6 cm³/mol. The summed E-state index contributed by atoms with van der Waals surface area (Å²) >= 11 is 0. The Kier molecular flexibility index (Phi) is 2.60. The second-order valence-corrected chi connectivity index (χ2v) is 1.63. The highest BCUT2D eigenvalue weighted by atomic mass is 16.1. The smallest absolute Gasteiger partial charge is 0.134 e. The number of rotatable bonds is 2. The fraction of sp³-hybridized carbons (Fsp3) is 0.600. The third-order valence-corrected chi connectivity index (χ3v) is 0.892. The van der Waals surface area contributed by atoms with E-state index in [0.717, 1.165) is 6.29 Å². The third kappa shape index (κ3) is 2.34. The maximum absolute atomic E-state index is 9.86. The van der Waals surface area contributed by atoms with Crippen LogP contribution in [0.3, 0.4) is 0 Å². The maximum Gasteiger partial charge on any atom is 0.134 e. The van der Waals surface area contributed by atoms with Gasteiger partial charge in [0.2, 0.25) is 0 Å². The van der Waals surface area contributed by atoms with Gasteiger partial charge < -0.3 is 9.69 Å². The molecule has 0 rings (SSSR count). The van der Waals surface area contributed by atoms with Crippen molar-refractivity contribution in [1.82, 2.24) is 4.90 Å². The molecule has 1 atom stereocenters. The topological polar surface area (TPSA) is 20.3 Å². The number of hydrogen-bond acceptors (Lipinski definition) is 2. The van der Waals surface area contributed by atoms with E-state index < -0.39 is 0 Å². The summed E-state index contributed by atoms with van der Waals surface area (Å²) in [5, 5.41) is 0. The molecule has 0 radical (unpaired) electrons. The highest BCUT2D eigenvalue weighted by Gasteiger charge is 1.91. The molecule has 0 saturated heterocycles. The Morgan fingerprint density at radius 2 is 2.29 bits per heavy atom. The molecule has 0 aliphatic heterocycles. The third-order valence-electron chi connectivity index (χ3n) is 0.892. The monoisotopic (exact) mass is 100 g/mol. The summed E-state index contributed by atoms with van der Waals surface area (Å²) in [6, 6.07) is -0.0556. The van der Waals surface area contributed by atoms with Crippen molar-refractivity contribution in [2.75, 3.05) is 7.05 Å². The van der Waals surface area contributed by atoms with Crippen LogP contribution in [0.25, 0.3) is 0 Å². The van der Waals surface area contributed by atoms with Crippen molar-refractivity contribution < 1.29 is 4.79 Å². The molecule has 0 aromatic carbocycles. The van der Waals surface area contributed by atoms with E-state index in [1.54, 1.807) is 18.9 Å². The van der Waals surface area contributed by atoms with Gasteiger partial charge in [-0.05, 0) is 14.0 Å². The van der Waals surface area contributed by atoms with Crippen molar-refractivity contribution in [3.63, 3.8) is 0 Å². The van der Waals surface area contributed by atoms with Gasteiger partial charge >= 0.3 is 0 Å². The second kappa shape index (κ2) is 2.75. The molecule has 0 aliphatic carbocycles. The van der Waals surface area contributed by atoms with E-state index >= 15 is 0 Å². The van der Waals surface area contributed by atoms with Gasteiger partial charge in [0, 0.05) is 6.04 Å². The van der Waals surface area contributed by atoms with Crippen LogP contribution in [0.5, 0.6) is 0 Å². The number of nitrogens with zero attached hydrogens (tertiary/aromatic N) is 1. The van der Waals surface area contributed by atoms with E-state index in [1.807, 2.05) is 0 Å². The van der Waals surface area contributed by atoms with Crippen LogP contribution in [0.4, 0.5) is 0 Å². The van der Waals surface area contributed by atoms with Gasteiger partial charge in [0.15, 0.2) is 0 Å². The summed E-state index contributed by atoms with van der Waals surface area (Å²) in [6.07, 6.45) is 0.854. The van der Waals surface area contributed by atoms with Gasteiger partial charge in [0.25, 0.3) is 0 Å². The molecule has 0 amide bonds. The first kappa shape index (κ1) is 6.63. The van der Waals surface area contributed by atoms with Gasteiger partial charge in [0.05, 0.1) is 0 Å². The molecular weight excluding hydrogens is 90.1 g/mol. The molecule has 0 aromatic rings. The Bertz CT molecular complexity index is 61.1. The van der Waals surface area contributed by atoms with E-state index in [4.69, 9.17) is 0 Å². The normalized spacial score (nSPS) is 14.3. The van der Waals surface area contributed by atoms with Gasteiger partial charge in [-0.1, -0.05) is 0 Å². The van der Waals surface area contributed by atoms with Gasteiger partial charge in [-0.25, -0.2) is 0 Å². The molecule has 0 heterocycles. The van der Waals surface area contributed by atoms with E-state index in [1.165, 1.54) is 0 Å². The van der Waals surface area contributed by atoms with Crippen molar-refractivity contribution in [1.29, 1.82) is 0 Å². The van der Waals surface area contributed by atoms with Gasteiger partial charge in [-0.15, -0.1) is 0 Å². The van der Waals surface area contributed by atoms with Crippen LogP contribution in [-0.4, -0.2) is 24.3 Å². The largest absolute Gasteiger partial charge is 0.454 e. The second-order valence-electron chi connectivity index (χ2n) is 1.63.